The van der Waals surface area contributed by atoms with Crippen LogP contribution in [-0.4, -0.2) is 24.0 Å². The van der Waals surface area contributed by atoms with Crippen LogP contribution in [0.25, 0.3) is 0 Å². The van der Waals surface area contributed by atoms with Gasteiger partial charge < -0.3 is 5.32 Å². The number of nitrogens with one attached hydrogen (secondary N) is 1. The zero-order chi connectivity index (χ0) is 14.4. The molecule has 4 heteroatoms. The van der Waals surface area contributed by atoms with Gasteiger partial charge in [0, 0.05) is 24.1 Å². The number of hydrogen-bond donors (Lipinski definition) is 1. The lowest BCUT2D eigenvalue weighted by Crippen LogP contribution is -2.18. The van der Waals surface area contributed by atoms with Crippen LogP contribution in [0.1, 0.15) is 17.0 Å². The lowest BCUT2D eigenvalue weighted by Gasteiger charge is -2.17. The van der Waals surface area contributed by atoms with E-state index in [-0.39, 0.29) is 0 Å². The summed E-state index contributed by atoms with van der Waals surface area (Å²) < 4.78 is 1.12. The molecule has 20 heavy (non-hydrogen) atoms. The highest BCUT2D eigenvalue weighted by atomic mass is 79.9. The summed E-state index contributed by atoms with van der Waals surface area (Å²) in [6.45, 7) is 2.57. The average molecular weight is 334 g/mol. The smallest absolute Gasteiger partial charge is 0.0547 e. The number of rotatable bonds is 6. The predicted molar refractivity (Wildman–Crippen MR) is 86.3 cm³/mol. The minimum Gasteiger partial charge on any atom is -0.314 e. The molecule has 0 aliphatic rings. The SMILES string of the molecule is CNCc1cccc(CN(C)Cc2cccc(Br)c2)n1. The fourth-order valence-corrected chi connectivity index (χ4v) is 2.62. The van der Waals surface area contributed by atoms with Crippen molar-refractivity contribution in [1.82, 2.24) is 15.2 Å². The van der Waals surface area contributed by atoms with Crippen molar-refractivity contribution in [3.05, 3.63) is 63.9 Å². The molecule has 1 N–H and O–H groups in total. The topological polar surface area (TPSA) is 28.2 Å². The maximum absolute atomic E-state index is 4.65. The molecule has 0 saturated heterocycles. The lowest BCUT2D eigenvalue weighted by atomic mass is 10.2. The Morgan fingerprint density at radius 1 is 1.10 bits per heavy atom. The van der Waals surface area contributed by atoms with Crippen LogP contribution in [0.15, 0.2) is 46.9 Å². The number of aromatic nitrogens is 1. The molecule has 3 nitrogen and oxygen atoms in total. The zero-order valence-electron chi connectivity index (χ0n) is 11.9. The van der Waals surface area contributed by atoms with Crippen LogP contribution < -0.4 is 5.32 Å². The second-order valence-corrected chi connectivity index (χ2v) is 5.87. The van der Waals surface area contributed by atoms with Crippen molar-refractivity contribution in [3.8, 4) is 0 Å². The van der Waals surface area contributed by atoms with Crippen molar-refractivity contribution in [3.63, 3.8) is 0 Å². The zero-order valence-corrected chi connectivity index (χ0v) is 13.5. The van der Waals surface area contributed by atoms with Crippen molar-refractivity contribution in [2.24, 2.45) is 0 Å². The Balaban J connectivity index is 1.97. The van der Waals surface area contributed by atoms with E-state index in [0.29, 0.717) is 0 Å². The van der Waals surface area contributed by atoms with Gasteiger partial charge in [-0.05, 0) is 43.9 Å². The van der Waals surface area contributed by atoms with E-state index in [1.165, 1.54) is 5.56 Å². The quantitative estimate of drug-likeness (QED) is 0.879. The summed E-state index contributed by atoms with van der Waals surface area (Å²) in [6, 6.07) is 14.6. The Hall–Kier alpha value is -1.23. The van der Waals surface area contributed by atoms with E-state index in [9.17, 15) is 0 Å². The van der Waals surface area contributed by atoms with Crippen LogP contribution in [0.4, 0.5) is 0 Å². The summed E-state index contributed by atoms with van der Waals surface area (Å²) >= 11 is 3.51. The molecule has 2 rings (SSSR count). The molecule has 1 aromatic heterocycles. The second kappa shape index (κ2) is 7.53. The molecule has 0 atom stereocenters. The summed E-state index contributed by atoms with van der Waals surface area (Å²) in [5.41, 5.74) is 3.49. The minimum atomic E-state index is 0.809. The highest BCUT2D eigenvalue weighted by Crippen LogP contribution is 2.14. The van der Waals surface area contributed by atoms with Gasteiger partial charge in [-0.15, -0.1) is 0 Å². The van der Waals surface area contributed by atoms with Gasteiger partial charge in [0.2, 0.25) is 0 Å². The summed E-state index contributed by atoms with van der Waals surface area (Å²) in [6.07, 6.45) is 0. The third kappa shape index (κ3) is 4.71. The van der Waals surface area contributed by atoms with Crippen LogP contribution in [-0.2, 0) is 19.6 Å². The molecule has 0 radical (unpaired) electrons. The fourth-order valence-electron chi connectivity index (χ4n) is 2.18. The van der Waals surface area contributed by atoms with Gasteiger partial charge in [-0.3, -0.25) is 9.88 Å². The summed E-state index contributed by atoms with van der Waals surface area (Å²) in [4.78, 5) is 6.92. The Labute approximate surface area is 129 Å². The number of benzene rings is 1. The first-order valence-electron chi connectivity index (χ1n) is 6.70. The molecule has 1 heterocycles. The maximum Gasteiger partial charge on any atom is 0.0547 e. The molecule has 0 aliphatic heterocycles. The van der Waals surface area contributed by atoms with Crippen molar-refractivity contribution in [2.45, 2.75) is 19.6 Å². The number of halogens is 1. The Kier molecular flexibility index (Phi) is 5.71. The van der Waals surface area contributed by atoms with Gasteiger partial charge in [0.1, 0.15) is 0 Å². The van der Waals surface area contributed by atoms with Gasteiger partial charge in [0.25, 0.3) is 0 Å². The predicted octanol–water partition coefficient (Wildman–Crippen LogP) is 3.20. The van der Waals surface area contributed by atoms with E-state index in [1.807, 2.05) is 19.2 Å². The van der Waals surface area contributed by atoms with Gasteiger partial charge in [-0.25, -0.2) is 0 Å². The van der Waals surface area contributed by atoms with E-state index in [4.69, 9.17) is 0 Å². The molecule has 106 valence electrons. The first kappa shape index (κ1) is 15.2. The minimum absolute atomic E-state index is 0.809. The van der Waals surface area contributed by atoms with Crippen molar-refractivity contribution >= 4 is 15.9 Å². The van der Waals surface area contributed by atoms with E-state index in [2.05, 4.69) is 68.5 Å². The van der Waals surface area contributed by atoms with Crippen LogP contribution in [0.3, 0.4) is 0 Å². The van der Waals surface area contributed by atoms with E-state index < -0.39 is 0 Å². The molecule has 0 aliphatic carbocycles. The van der Waals surface area contributed by atoms with E-state index in [1.54, 1.807) is 0 Å². The molecular weight excluding hydrogens is 314 g/mol. The summed E-state index contributed by atoms with van der Waals surface area (Å²) in [7, 11) is 4.06. The van der Waals surface area contributed by atoms with E-state index >= 15 is 0 Å². The third-order valence-corrected chi connectivity index (χ3v) is 3.49. The molecule has 1 aromatic carbocycles. The van der Waals surface area contributed by atoms with Gasteiger partial charge in [0.15, 0.2) is 0 Å². The second-order valence-electron chi connectivity index (χ2n) is 4.95. The molecule has 0 bridgehead atoms. The first-order valence-corrected chi connectivity index (χ1v) is 7.49. The van der Waals surface area contributed by atoms with Crippen LogP contribution in [0, 0.1) is 0 Å². The Bertz CT molecular complexity index is 557. The number of hydrogen-bond acceptors (Lipinski definition) is 3. The Morgan fingerprint density at radius 2 is 1.85 bits per heavy atom. The lowest BCUT2D eigenvalue weighted by molar-refractivity contribution is 0.314. The normalized spacial score (nSPS) is 11.0. The molecule has 2 aromatic rings. The molecule has 0 unspecified atom stereocenters. The highest BCUT2D eigenvalue weighted by molar-refractivity contribution is 9.10. The highest BCUT2D eigenvalue weighted by Gasteiger charge is 2.04. The van der Waals surface area contributed by atoms with E-state index in [0.717, 1.165) is 35.5 Å². The van der Waals surface area contributed by atoms with Crippen LogP contribution >= 0.6 is 15.9 Å². The summed E-state index contributed by atoms with van der Waals surface area (Å²) in [5, 5.41) is 3.13. The van der Waals surface area contributed by atoms with Gasteiger partial charge in [-0.2, -0.15) is 0 Å². The van der Waals surface area contributed by atoms with Crippen molar-refractivity contribution in [1.29, 1.82) is 0 Å². The third-order valence-electron chi connectivity index (χ3n) is 3.00. The summed E-state index contributed by atoms with van der Waals surface area (Å²) in [5.74, 6) is 0. The van der Waals surface area contributed by atoms with Crippen molar-refractivity contribution < 1.29 is 0 Å². The van der Waals surface area contributed by atoms with Crippen molar-refractivity contribution in [2.75, 3.05) is 14.1 Å². The largest absolute Gasteiger partial charge is 0.314 e. The number of nitrogens with zero attached hydrogens (tertiary/aromatic N) is 2. The Morgan fingerprint density at radius 3 is 2.60 bits per heavy atom. The van der Waals surface area contributed by atoms with Gasteiger partial charge in [-0.1, -0.05) is 34.1 Å². The molecule has 0 fully saturated rings. The maximum atomic E-state index is 4.65. The molecular formula is C16H20BrN3. The number of pyridine rings is 1. The van der Waals surface area contributed by atoms with Gasteiger partial charge in [0.05, 0.1) is 11.4 Å². The molecule has 0 spiro atoms. The molecule has 0 saturated carbocycles. The van der Waals surface area contributed by atoms with Crippen LogP contribution in [0.5, 0.6) is 0 Å². The monoisotopic (exact) mass is 333 g/mol. The molecule has 0 amide bonds. The van der Waals surface area contributed by atoms with Crippen LogP contribution in [0.2, 0.25) is 0 Å². The fraction of sp³-hybridized carbons (Fsp3) is 0.312. The standard InChI is InChI=1S/C16H20BrN3/c1-18-10-15-7-4-8-16(19-15)12-20(2)11-13-5-3-6-14(17)9-13/h3-9,18H,10-12H2,1-2H3. The average Bonchev–Trinajstić information content (AvgIpc) is 2.39. The van der Waals surface area contributed by atoms with Gasteiger partial charge >= 0.3 is 0 Å². The first-order chi connectivity index (χ1) is 9.67.